The lowest BCUT2D eigenvalue weighted by Gasteiger charge is -2.47. The van der Waals surface area contributed by atoms with Crippen molar-refractivity contribution in [2.24, 2.45) is 11.7 Å². The highest BCUT2D eigenvalue weighted by Crippen LogP contribution is 2.35. The van der Waals surface area contributed by atoms with E-state index in [2.05, 4.69) is 18.7 Å². The second kappa shape index (κ2) is 5.68. The maximum absolute atomic E-state index is 6.64. The Hall–Kier alpha value is -0.120. The van der Waals surface area contributed by atoms with Gasteiger partial charge in [-0.15, -0.1) is 0 Å². The fraction of sp³-hybridized carbons (Fsp3) is 1.00. The zero-order valence-electron chi connectivity index (χ0n) is 11.5. The number of rotatable bonds is 5. The number of hydrogen-bond donors (Lipinski definition) is 1. The zero-order chi connectivity index (χ0) is 12.3. The first-order chi connectivity index (χ1) is 8.24. The third-order valence-electron chi connectivity index (χ3n) is 5.05. The Morgan fingerprint density at radius 3 is 2.41 bits per heavy atom. The Balaban J connectivity index is 2.13. The van der Waals surface area contributed by atoms with Crippen molar-refractivity contribution >= 4 is 0 Å². The summed E-state index contributed by atoms with van der Waals surface area (Å²) in [6, 6.07) is 0.276. The molecule has 2 rings (SSSR count). The van der Waals surface area contributed by atoms with Crippen LogP contribution in [0.2, 0.25) is 0 Å². The number of nitrogens with zero attached hydrogens (tertiary/aromatic N) is 1. The Morgan fingerprint density at radius 2 is 1.94 bits per heavy atom. The molecular weight excluding hydrogens is 212 g/mol. The highest BCUT2D eigenvalue weighted by Gasteiger charge is 2.44. The van der Waals surface area contributed by atoms with Gasteiger partial charge in [0.05, 0.1) is 6.61 Å². The summed E-state index contributed by atoms with van der Waals surface area (Å²) in [7, 11) is 0. The standard InChI is InChI=1S/C14H28N2O/c1-3-14(4-2,16-8-5-6-9-16)13(15)12-7-10-17-11-12/h12-13H,3-11,15H2,1-2H3. The Labute approximate surface area is 106 Å². The third-order valence-corrected chi connectivity index (χ3v) is 5.05. The van der Waals surface area contributed by atoms with Crippen molar-refractivity contribution in [3.05, 3.63) is 0 Å². The van der Waals surface area contributed by atoms with Gasteiger partial charge >= 0.3 is 0 Å². The third kappa shape index (κ3) is 2.38. The molecule has 2 fully saturated rings. The molecule has 3 nitrogen and oxygen atoms in total. The van der Waals surface area contributed by atoms with E-state index < -0.39 is 0 Å². The monoisotopic (exact) mass is 240 g/mol. The molecule has 2 saturated heterocycles. The molecule has 2 N–H and O–H groups in total. The lowest BCUT2D eigenvalue weighted by atomic mass is 9.76. The minimum atomic E-state index is 0.217. The second-order valence-electron chi connectivity index (χ2n) is 5.65. The van der Waals surface area contributed by atoms with Gasteiger partial charge < -0.3 is 10.5 Å². The molecule has 0 spiro atoms. The summed E-state index contributed by atoms with van der Waals surface area (Å²) in [6.07, 6.45) is 6.17. The quantitative estimate of drug-likeness (QED) is 0.799. The molecule has 0 aromatic heterocycles. The number of nitrogens with two attached hydrogens (primary N) is 1. The largest absolute Gasteiger partial charge is 0.381 e. The van der Waals surface area contributed by atoms with E-state index in [9.17, 15) is 0 Å². The van der Waals surface area contributed by atoms with Crippen LogP contribution < -0.4 is 5.73 Å². The zero-order valence-corrected chi connectivity index (χ0v) is 11.5. The number of ether oxygens (including phenoxy) is 1. The molecule has 0 radical (unpaired) electrons. The topological polar surface area (TPSA) is 38.5 Å². The first-order valence-corrected chi connectivity index (χ1v) is 7.33. The smallest absolute Gasteiger partial charge is 0.0510 e. The molecule has 100 valence electrons. The maximum atomic E-state index is 6.64. The van der Waals surface area contributed by atoms with Crippen molar-refractivity contribution < 1.29 is 4.74 Å². The summed E-state index contributed by atoms with van der Waals surface area (Å²) < 4.78 is 5.53. The van der Waals surface area contributed by atoms with Crippen LogP contribution in [-0.4, -0.2) is 42.8 Å². The molecule has 2 aliphatic heterocycles. The van der Waals surface area contributed by atoms with E-state index >= 15 is 0 Å². The van der Waals surface area contributed by atoms with Crippen LogP contribution in [0.3, 0.4) is 0 Å². The Bertz CT molecular complexity index is 228. The van der Waals surface area contributed by atoms with E-state index in [0.29, 0.717) is 5.92 Å². The minimum absolute atomic E-state index is 0.217. The van der Waals surface area contributed by atoms with Crippen LogP contribution in [-0.2, 0) is 4.74 Å². The molecule has 2 atom stereocenters. The van der Waals surface area contributed by atoms with Crippen molar-refractivity contribution in [3.63, 3.8) is 0 Å². The SMILES string of the molecule is CCC(CC)(C(N)C1CCOC1)N1CCCC1. The number of hydrogen-bond acceptors (Lipinski definition) is 3. The van der Waals surface area contributed by atoms with Crippen molar-refractivity contribution in [2.75, 3.05) is 26.3 Å². The van der Waals surface area contributed by atoms with Crippen LogP contribution in [0.4, 0.5) is 0 Å². The molecule has 2 unspecified atom stereocenters. The Morgan fingerprint density at radius 1 is 1.29 bits per heavy atom. The average molecular weight is 240 g/mol. The van der Waals surface area contributed by atoms with E-state index in [4.69, 9.17) is 10.5 Å². The average Bonchev–Trinajstić information content (AvgIpc) is 3.04. The van der Waals surface area contributed by atoms with Crippen LogP contribution in [0.5, 0.6) is 0 Å². The fourth-order valence-corrected chi connectivity index (χ4v) is 3.82. The minimum Gasteiger partial charge on any atom is -0.381 e. The lowest BCUT2D eigenvalue weighted by molar-refractivity contribution is 0.0501. The first kappa shape index (κ1) is 13.3. The molecule has 0 aromatic carbocycles. The summed E-state index contributed by atoms with van der Waals surface area (Å²) >= 11 is 0. The molecule has 0 saturated carbocycles. The van der Waals surface area contributed by atoms with Gasteiger partial charge in [-0.25, -0.2) is 0 Å². The van der Waals surface area contributed by atoms with Crippen molar-refractivity contribution in [2.45, 2.75) is 57.5 Å². The van der Waals surface area contributed by atoms with Crippen molar-refractivity contribution in [3.8, 4) is 0 Å². The molecule has 0 amide bonds. The molecule has 2 aliphatic rings. The van der Waals surface area contributed by atoms with Crippen LogP contribution in [0, 0.1) is 5.92 Å². The van der Waals surface area contributed by atoms with Gasteiger partial charge in [0.2, 0.25) is 0 Å². The van der Waals surface area contributed by atoms with Crippen LogP contribution in [0.1, 0.15) is 46.0 Å². The van der Waals surface area contributed by atoms with Gasteiger partial charge in [-0.1, -0.05) is 13.8 Å². The molecule has 17 heavy (non-hydrogen) atoms. The molecule has 2 heterocycles. The second-order valence-corrected chi connectivity index (χ2v) is 5.65. The molecule has 0 bridgehead atoms. The van der Waals surface area contributed by atoms with Crippen molar-refractivity contribution in [1.82, 2.24) is 4.90 Å². The molecule has 3 heteroatoms. The molecule has 0 aliphatic carbocycles. The summed E-state index contributed by atoms with van der Waals surface area (Å²) in [4.78, 5) is 2.66. The van der Waals surface area contributed by atoms with Gasteiger partial charge in [-0.2, -0.15) is 0 Å². The van der Waals surface area contributed by atoms with Crippen LogP contribution in [0.15, 0.2) is 0 Å². The number of likely N-dealkylation sites (tertiary alicyclic amines) is 1. The van der Waals surface area contributed by atoms with Gasteiger partial charge in [0.1, 0.15) is 0 Å². The van der Waals surface area contributed by atoms with E-state index in [-0.39, 0.29) is 11.6 Å². The summed E-state index contributed by atoms with van der Waals surface area (Å²) in [5, 5.41) is 0. The van der Waals surface area contributed by atoms with E-state index in [1.807, 2.05) is 0 Å². The summed E-state index contributed by atoms with van der Waals surface area (Å²) in [5.74, 6) is 0.565. The van der Waals surface area contributed by atoms with Gasteiger partial charge in [0.15, 0.2) is 0 Å². The van der Waals surface area contributed by atoms with Gasteiger partial charge in [-0.05, 0) is 45.2 Å². The highest BCUT2D eigenvalue weighted by atomic mass is 16.5. The molecular formula is C14H28N2O. The van der Waals surface area contributed by atoms with Crippen molar-refractivity contribution in [1.29, 1.82) is 0 Å². The fourth-order valence-electron chi connectivity index (χ4n) is 3.82. The van der Waals surface area contributed by atoms with Gasteiger partial charge in [0.25, 0.3) is 0 Å². The van der Waals surface area contributed by atoms with Crippen LogP contribution in [0.25, 0.3) is 0 Å². The van der Waals surface area contributed by atoms with Gasteiger partial charge in [-0.3, -0.25) is 4.90 Å². The predicted molar refractivity (Wildman–Crippen MR) is 71.0 cm³/mol. The predicted octanol–water partition coefficient (Wildman–Crippen LogP) is 2.00. The maximum Gasteiger partial charge on any atom is 0.0510 e. The van der Waals surface area contributed by atoms with E-state index in [1.54, 1.807) is 0 Å². The highest BCUT2D eigenvalue weighted by molar-refractivity contribution is 5.02. The normalized spacial score (nSPS) is 28.8. The first-order valence-electron chi connectivity index (χ1n) is 7.33. The summed E-state index contributed by atoms with van der Waals surface area (Å²) in [5.41, 5.74) is 6.85. The van der Waals surface area contributed by atoms with Gasteiger partial charge in [0, 0.05) is 24.1 Å². The molecule has 0 aromatic rings. The van der Waals surface area contributed by atoms with Crippen LogP contribution >= 0.6 is 0 Å². The Kier molecular flexibility index (Phi) is 4.45. The summed E-state index contributed by atoms with van der Waals surface area (Å²) in [6.45, 7) is 8.86. The van der Waals surface area contributed by atoms with E-state index in [0.717, 1.165) is 19.6 Å². The lowest BCUT2D eigenvalue weighted by Crippen LogP contribution is -2.61. The van der Waals surface area contributed by atoms with E-state index in [1.165, 1.54) is 38.8 Å².